The molecule has 3 aromatic carbocycles. The summed E-state index contributed by atoms with van der Waals surface area (Å²) in [6.45, 7) is 1.98. The highest BCUT2D eigenvalue weighted by Gasteiger charge is 2.12. The maximum Gasteiger partial charge on any atom is 0.273 e. The van der Waals surface area contributed by atoms with Gasteiger partial charge in [-0.1, -0.05) is 29.8 Å². The highest BCUT2D eigenvalue weighted by Crippen LogP contribution is 2.26. The maximum atomic E-state index is 12.5. The molecule has 1 amide bonds. The molecule has 0 fully saturated rings. The summed E-state index contributed by atoms with van der Waals surface area (Å²) < 4.78 is 0. The molecule has 0 aliphatic rings. The average molecular weight is 380 g/mol. The van der Waals surface area contributed by atoms with Gasteiger partial charge in [0.15, 0.2) is 0 Å². The number of para-hydroxylation sites is 1. The quantitative estimate of drug-likeness (QED) is 0.437. The van der Waals surface area contributed by atoms with E-state index in [-0.39, 0.29) is 11.7 Å². The fourth-order valence-corrected chi connectivity index (χ4v) is 2.63. The van der Waals surface area contributed by atoms with E-state index in [1.165, 1.54) is 6.21 Å². The van der Waals surface area contributed by atoms with Gasteiger partial charge >= 0.3 is 0 Å². The number of carbonyl (C=O) groups excluding carboxylic acids is 1. The van der Waals surface area contributed by atoms with Gasteiger partial charge in [0.1, 0.15) is 5.75 Å². The van der Waals surface area contributed by atoms with E-state index in [4.69, 9.17) is 11.6 Å². The van der Waals surface area contributed by atoms with Crippen molar-refractivity contribution in [3.63, 3.8) is 0 Å². The van der Waals surface area contributed by atoms with Crippen molar-refractivity contribution in [2.45, 2.75) is 6.92 Å². The van der Waals surface area contributed by atoms with Gasteiger partial charge in [-0.3, -0.25) is 4.79 Å². The van der Waals surface area contributed by atoms with Gasteiger partial charge in [0.05, 0.1) is 17.5 Å². The largest absolute Gasteiger partial charge is 0.508 e. The molecule has 0 aliphatic carbocycles. The molecular formula is C21H18ClN3O2. The van der Waals surface area contributed by atoms with E-state index in [2.05, 4.69) is 15.8 Å². The highest BCUT2D eigenvalue weighted by molar-refractivity contribution is 6.31. The van der Waals surface area contributed by atoms with Gasteiger partial charge in [0.25, 0.3) is 5.91 Å². The summed E-state index contributed by atoms with van der Waals surface area (Å²) in [5.41, 5.74) is 6.21. The van der Waals surface area contributed by atoms with E-state index < -0.39 is 0 Å². The summed E-state index contributed by atoms with van der Waals surface area (Å²) in [7, 11) is 0. The zero-order valence-electron chi connectivity index (χ0n) is 14.6. The molecule has 0 aromatic heterocycles. The predicted molar refractivity (Wildman–Crippen MR) is 109 cm³/mol. The van der Waals surface area contributed by atoms with Crippen molar-refractivity contribution in [1.82, 2.24) is 5.43 Å². The molecule has 0 radical (unpaired) electrons. The van der Waals surface area contributed by atoms with Crippen LogP contribution in [0.5, 0.6) is 5.75 Å². The first-order chi connectivity index (χ1) is 13.0. The molecule has 0 bridgehead atoms. The minimum atomic E-state index is -0.363. The zero-order chi connectivity index (χ0) is 19.2. The Balaban J connectivity index is 1.78. The minimum Gasteiger partial charge on any atom is -0.508 e. The van der Waals surface area contributed by atoms with Crippen molar-refractivity contribution in [3.8, 4) is 5.75 Å². The van der Waals surface area contributed by atoms with E-state index in [1.807, 2.05) is 31.2 Å². The standard InChI is InChI=1S/C21H18ClN3O2/c1-14-4-2-3-5-19(14)24-20-12-16(22)8-11-18(20)21(27)25-23-13-15-6-9-17(26)10-7-15/h2-13,24,26H,1H3,(H,25,27)/b23-13+. The van der Waals surface area contributed by atoms with Crippen LogP contribution in [-0.2, 0) is 0 Å². The summed E-state index contributed by atoms with van der Waals surface area (Å²) in [6.07, 6.45) is 1.50. The third kappa shape index (κ3) is 4.86. The fourth-order valence-electron chi connectivity index (χ4n) is 2.46. The van der Waals surface area contributed by atoms with E-state index in [1.54, 1.807) is 42.5 Å². The van der Waals surface area contributed by atoms with E-state index in [0.29, 0.717) is 16.3 Å². The van der Waals surface area contributed by atoms with Gasteiger partial charge in [0, 0.05) is 10.7 Å². The number of benzene rings is 3. The molecule has 6 heteroatoms. The Morgan fingerprint density at radius 1 is 1.04 bits per heavy atom. The lowest BCUT2D eigenvalue weighted by atomic mass is 10.1. The molecule has 0 saturated carbocycles. The number of phenols is 1. The first-order valence-corrected chi connectivity index (χ1v) is 8.65. The Labute approximate surface area is 162 Å². The second kappa shape index (κ2) is 8.38. The zero-order valence-corrected chi connectivity index (χ0v) is 15.4. The Bertz CT molecular complexity index is 985. The normalized spacial score (nSPS) is 10.7. The Morgan fingerprint density at radius 3 is 2.52 bits per heavy atom. The van der Waals surface area contributed by atoms with Crippen LogP contribution < -0.4 is 10.7 Å². The van der Waals surface area contributed by atoms with E-state index >= 15 is 0 Å². The molecule has 3 N–H and O–H groups in total. The minimum absolute atomic E-state index is 0.171. The van der Waals surface area contributed by atoms with Gasteiger partial charge in [-0.15, -0.1) is 0 Å². The first-order valence-electron chi connectivity index (χ1n) is 8.27. The molecule has 3 rings (SSSR count). The number of hydrazone groups is 1. The third-order valence-electron chi connectivity index (χ3n) is 3.91. The number of phenolic OH excluding ortho intramolecular Hbond substituents is 1. The monoisotopic (exact) mass is 379 g/mol. The summed E-state index contributed by atoms with van der Waals surface area (Å²) in [6, 6.07) is 19.3. The molecule has 0 aliphatic heterocycles. The second-order valence-electron chi connectivity index (χ2n) is 5.92. The van der Waals surface area contributed by atoms with E-state index in [0.717, 1.165) is 16.8 Å². The Hall–Kier alpha value is -3.31. The topological polar surface area (TPSA) is 73.7 Å². The van der Waals surface area contributed by atoms with Crippen molar-refractivity contribution < 1.29 is 9.90 Å². The summed E-state index contributed by atoms with van der Waals surface area (Å²) >= 11 is 6.10. The number of halogens is 1. The molecule has 0 spiro atoms. The maximum absolute atomic E-state index is 12.5. The molecule has 0 heterocycles. The molecular weight excluding hydrogens is 362 g/mol. The molecule has 5 nitrogen and oxygen atoms in total. The van der Waals surface area contributed by atoms with Crippen LogP contribution in [0.1, 0.15) is 21.5 Å². The molecule has 0 atom stereocenters. The number of hydrogen-bond acceptors (Lipinski definition) is 4. The number of amides is 1. The summed E-state index contributed by atoms with van der Waals surface area (Å²) in [4.78, 5) is 12.5. The first kappa shape index (κ1) is 18.5. The molecule has 3 aromatic rings. The molecule has 0 saturated heterocycles. The van der Waals surface area contributed by atoms with Crippen LogP contribution in [0.15, 0.2) is 71.8 Å². The molecule has 136 valence electrons. The van der Waals surface area contributed by atoms with Gasteiger partial charge in [-0.05, 0) is 66.6 Å². The number of rotatable bonds is 5. The number of carbonyl (C=O) groups is 1. The number of hydrogen-bond donors (Lipinski definition) is 3. The number of aryl methyl sites for hydroxylation is 1. The van der Waals surface area contributed by atoms with Crippen LogP contribution in [0, 0.1) is 6.92 Å². The number of aromatic hydroxyl groups is 1. The van der Waals surface area contributed by atoms with Gasteiger partial charge in [-0.25, -0.2) is 5.43 Å². The number of nitrogens with zero attached hydrogens (tertiary/aromatic N) is 1. The van der Waals surface area contributed by atoms with Gasteiger partial charge in [-0.2, -0.15) is 5.10 Å². The second-order valence-corrected chi connectivity index (χ2v) is 6.36. The van der Waals surface area contributed by atoms with E-state index in [9.17, 15) is 9.90 Å². The summed E-state index contributed by atoms with van der Waals surface area (Å²) in [5.74, 6) is -0.193. The van der Waals surface area contributed by atoms with Crippen LogP contribution >= 0.6 is 11.6 Å². The SMILES string of the molecule is Cc1ccccc1Nc1cc(Cl)ccc1C(=O)N/N=C/c1ccc(O)cc1. The van der Waals surface area contributed by atoms with Crippen molar-refractivity contribution >= 4 is 35.1 Å². The average Bonchev–Trinajstić information content (AvgIpc) is 2.65. The van der Waals surface area contributed by atoms with Crippen LogP contribution in [0.2, 0.25) is 5.02 Å². The lowest BCUT2D eigenvalue weighted by Gasteiger charge is -2.13. The van der Waals surface area contributed by atoms with Gasteiger partial charge in [0.2, 0.25) is 0 Å². The van der Waals surface area contributed by atoms with Crippen molar-refractivity contribution in [3.05, 3.63) is 88.4 Å². The van der Waals surface area contributed by atoms with Crippen molar-refractivity contribution in [2.75, 3.05) is 5.32 Å². The molecule has 27 heavy (non-hydrogen) atoms. The number of nitrogens with one attached hydrogen (secondary N) is 2. The Morgan fingerprint density at radius 2 is 1.78 bits per heavy atom. The van der Waals surface area contributed by atoms with Crippen molar-refractivity contribution in [2.24, 2.45) is 5.10 Å². The smallest absolute Gasteiger partial charge is 0.273 e. The lowest BCUT2D eigenvalue weighted by Crippen LogP contribution is -2.19. The van der Waals surface area contributed by atoms with Crippen LogP contribution in [0.3, 0.4) is 0 Å². The fraction of sp³-hybridized carbons (Fsp3) is 0.0476. The lowest BCUT2D eigenvalue weighted by molar-refractivity contribution is 0.0956. The number of anilines is 2. The van der Waals surface area contributed by atoms with Gasteiger partial charge < -0.3 is 10.4 Å². The molecule has 0 unspecified atom stereocenters. The van der Waals surface area contributed by atoms with Crippen molar-refractivity contribution in [1.29, 1.82) is 0 Å². The summed E-state index contributed by atoms with van der Waals surface area (Å²) in [5, 5.41) is 17.0. The van der Waals surface area contributed by atoms with Crippen LogP contribution in [0.4, 0.5) is 11.4 Å². The van der Waals surface area contributed by atoms with Crippen LogP contribution in [-0.4, -0.2) is 17.2 Å². The third-order valence-corrected chi connectivity index (χ3v) is 4.15. The predicted octanol–water partition coefficient (Wildman–Crippen LogP) is 4.86. The Kier molecular flexibility index (Phi) is 5.74. The van der Waals surface area contributed by atoms with Crippen LogP contribution in [0.25, 0.3) is 0 Å². The highest BCUT2D eigenvalue weighted by atomic mass is 35.5.